The molecule has 0 fully saturated rings. The number of para-hydroxylation sites is 2. The first kappa shape index (κ1) is 18.8. The average Bonchev–Trinajstić information content (AvgIpc) is 2.66. The molecule has 0 atom stereocenters. The molecule has 0 spiro atoms. The fraction of sp³-hybridized carbons (Fsp3) is 0.235. The Hall–Kier alpha value is -2.58. The number of hydrogen-bond donors (Lipinski definition) is 0. The molecule has 134 valence electrons. The van der Waals surface area contributed by atoms with E-state index in [4.69, 9.17) is 9.57 Å². The monoisotopic (exact) mass is 364 g/mol. The Morgan fingerprint density at radius 2 is 1.56 bits per heavy atom. The number of methoxy groups -OCH3 is 1. The molecule has 2 aromatic carbocycles. The van der Waals surface area contributed by atoms with Crippen LogP contribution in [0, 0.1) is 0 Å². The lowest BCUT2D eigenvalue weighted by Gasteiger charge is -2.21. The molecule has 2 rings (SSSR count). The van der Waals surface area contributed by atoms with Crippen LogP contribution in [0.3, 0.4) is 0 Å². The summed E-state index contributed by atoms with van der Waals surface area (Å²) in [5, 5.41) is 1.06. The van der Waals surface area contributed by atoms with Crippen molar-refractivity contribution in [3.05, 3.63) is 54.1 Å². The van der Waals surface area contributed by atoms with Crippen molar-refractivity contribution in [3.63, 3.8) is 0 Å². The predicted octanol–water partition coefficient (Wildman–Crippen LogP) is 2.15. The number of benzene rings is 2. The molecule has 0 aliphatic rings. The Balaban J connectivity index is 2.35. The van der Waals surface area contributed by atoms with Gasteiger partial charge in [-0.25, -0.2) is 13.5 Å². The molecule has 0 saturated carbocycles. The quantitative estimate of drug-likeness (QED) is 0.734. The molecule has 0 heterocycles. The Morgan fingerprint density at radius 1 is 0.960 bits per heavy atom. The van der Waals surface area contributed by atoms with E-state index in [-0.39, 0.29) is 10.8 Å². The summed E-state index contributed by atoms with van der Waals surface area (Å²) in [5.74, 6) is 0.0756. The molecule has 0 unspecified atom stereocenters. The molecule has 1 amide bonds. The van der Waals surface area contributed by atoms with Gasteiger partial charge in [-0.05, 0) is 36.4 Å². The summed E-state index contributed by atoms with van der Waals surface area (Å²) in [7, 11) is 1.98. The van der Waals surface area contributed by atoms with E-state index in [0.29, 0.717) is 17.0 Å². The highest BCUT2D eigenvalue weighted by molar-refractivity contribution is 7.92. The Kier molecular flexibility index (Phi) is 5.66. The van der Waals surface area contributed by atoms with Crippen molar-refractivity contribution in [1.29, 1.82) is 0 Å². The third-order valence-corrected chi connectivity index (χ3v) is 5.53. The van der Waals surface area contributed by atoms with Crippen molar-refractivity contribution >= 4 is 21.6 Å². The maximum Gasteiger partial charge on any atom is 0.277 e. The summed E-state index contributed by atoms with van der Waals surface area (Å²) < 4.78 is 32.0. The third kappa shape index (κ3) is 3.75. The average molecular weight is 364 g/mol. The molecule has 0 bridgehead atoms. The van der Waals surface area contributed by atoms with Gasteiger partial charge in [0.15, 0.2) is 0 Å². The summed E-state index contributed by atoms with van der Waals surface area (Å²) in [5.41, 5.74) is 0.743. The fourth-order valence-corrected chi connectivity index (χ4v) is 3.42. The van der Waals surface area contributed by atoms with Gasteiger partial charge in [0, 0.05) is 19.7 Å². The number of carbonyl (C=O) groups excluding carboxylic acids is 1. The van der Waals surface area contributed by atoms with E-state index in [2.05, 4.69) is 0 Å². The molecule has 0 saturated heterocycles. The number of amides is 1. The first-order valence-electron chi connectivity index (χ1n) is 7.37. The van der Waals surface area contributed by atoms with E-state index in [0.717, 1.165) is 9.37 Å². The van der Waals surface area contributed by atoms with Gasteiger partial charge in [0.05, 0.1) is 24.8 Å². The topological polar surface area (TPSA) is 76.2 Å². The van der Waals surface area contributed by atoms with Crippen molar-refractivity contribution in [3.8, 4) is 5.75 Å². The molecule has 0 aliphatic heterocycles. The van der Waals surface area contributed by atoms with E-state index < -0.39 is 10.0 Å². The van der Waals surface area contributed by atoms with Gasteiger partial charge < -0.3 is 4.74 Å². The van der Waals surface area contributed by atoms with Gasteiger partial charge in [0.1, 0.15) is 5.75 Å². The van der Waals surface area contributed by atoms with E-state index in [1.165, 1.54) is 52.6 Å². The lowest BCUT2D eigenvalue weighted by atomic mass is 10.2. The summed E-state index contributed by atoms with van der Waals surface area (Å²) in [6.07, 6.45) is 0. The highest BCUT2D eigenvalue weighted by atomic mass is 32.2. The van der Waals surface area contributed by atoms with Crippen LogP contribution in [0.2, 0.25) is 0 Å². The molecule has 25 heavy (non-hydrogen) atoms. The highest BCUT2D eigenvalue weighted by Gasteiger charge is 2.24. The Labute approximate surface area is 147 Å². The molecule has 0 aliphatic carbocycles. The number of hydrogen-bond acceptors (Lipinski definition) is 5. The molecule has 8 heteroatoms. The molecular weight excluding hydrogens is 344 g/mol. The Morgan fingerprint density at radius 3 is 2.12 bits per heavy atom. The zero-order chi connectivity index (χ0) is 18.6. The molecule has 0 N–H and O–H groups in total. The lowest BCUT2D eigenvalue weighted by Crippen LogP contribution is -2.27. The van der Waals surface area contributed by atoms with Crippen LogP contribution in [0.5, 0.6) is 5.75 Å². The zero-order valence-electron chi connectivity index (χ0n) is 14.5. The van der Waals surface area contributed by atoms with Gasteiger partial charge in [-0.2, -0.15) is 0 Å². The molecular formula is C17H20N2O5S. The summed E-state index contributed by atoms with van der Waals surface area (Å²) in [6.45, 7) is 0. The zero-order valence-corrected chi connectivity index (χ0v) is 15.3. The van der Waals surface area contributed by atoms with Crippen LogP contribution < -0.4 is 9.04 Å². The van der Waals surface area contributed by atoms with E-state index in [1.807, 2.05) is 0 Å². The number of anilines is 1. The number of ether oxygens (including phenoxy) is 1. The molecule has 2 aromatic rings. The molecule has 0 aromatic heterocycles. The van der Waals surface area contributed by atoms with Crippen molar-refractivity contribution in [2.24, 2.45) is 0 Å². The van der Waals surface area contributed by atoms with Crippen LogP contribution in [0.4, 0.5) is 5.69 Å². The Bertz CT molecular complexity index is 850. The van der Waals surface area contributed by atoms with E-state index in [1.54, 1.807) is 24.3 Å². The van der Waals surface area contributed by atoms with E-state index >= 15 is 0 Å². The van der Waals surface area contributed by atoms with Crippen molar-refractivity contribution in [2.45, 2.75) is 4.90 Å². The van der Waals surface area contributed by atoms with Crippen LogP contribution in [-0.2, 0) is 14.9 Å². The summed E-state index contributed by atoms with van der Waals surface area (Å²) in [4.78, 5) is 16.9. The second-order valence-electron chi connectivity index (χ2n) is 5.15. The molecule has 7 nitrogen and oxygen atoms in total. The number of rotatable bonds is 6. The van der Waals surface area contributed by atoms with Gasteiger partial charge in [-0.3, -0.25) is 13.9 Å². The van der Waals surface area contributed by atoms with E-state index in [9.17, 15) is 13.2 Å². The minimum absolute atomic E-state index is 0.0672. The highest BCUT2D eigenvalue weighted by Crippen LogP contribution is 2.30. The van der Waals surface area contributed by atoms with Crippen LogP contribution in [0.25, 0.3) is 0 Å². The van der Waals surface area contributed by atoms with Crippen LogP contribution in [0.15, 0.2) is 53.4 Å². The number of carbonyl (C=O) groups is 1. The van der Waals surface area contributed by atoms with Gasteiger partial charge >= 0.3 is 0 Å². The SMILES string of the molecule is COc1ccccc1N(C)S(=O)(=O)c1ccc(C(=O)N(C)OC)cc1. The third-order valence-electron chi connectivity index (χ3n) is 3.74. The number of hydroxylamine groups is 2. The second-order valence-corrected chi connectivity index (χ2v) is 7.12. The normalized spacial score (nSPS) is 11.0. The largest absolute Gasteiger partial charge is 0.495 e. The summed E-state index contributed by atoms with van der Waals surface area (Å²) >= 11 is 0. The van der Waals surface area contributed by atoms with Crippen molar-refractivity contribution in [1.82, 2.24) is 5.06 Å². The lowest BCUT2D eigenvalue weighted by molar-refractivity contribution is -0.0757. The van der Waals surface area contributed by atoms with Crippen LogP contribution in [0.1, 0.15) is 10.4 Å². The van der Waals surface area contributed by atoms with Gasteiger partial charge in [-0.1, -0.05) is 12.1 Å². The minimum Gasteiger partial charge on any atom is -0.495 e. The summed E-state index contributed by atoms with van der Waals surface area (Å²) in [6, 6.07) is 12.5. The molecule has 0 radical (unpaired) electrons. The van der Waals surface area contributed by atoms with Crippen molar-refractivity contribution < 1.29 is 22.8 Å². The predicted molar refractivity (Wildman–Crippen MR) is 94.1 cm³/mol. The standard InChI is InChI=1S/C17H20N2O5S/c1-18(24-4)17(20)13-9-11-14(12-10-13)25(21,22)19(2)15-7-5-6-8-16(15)23-3/h5-12H,1-4H3. The smallest absolute Gasteiger partial charge is 0.277 e. The first-order chi connectivity index (χ1) is 11.8. The maximum absolute atomic E-state index is 12.8. The maximum atomic E-state index is 12.8. The number of nitrogens with zero attached hydrogens (tertiary/aromatic N) is 2. The van der Waals surface area contributed by atoms with Crippen molar-refractivity contribution in [2.75, 3.05) is 32.6 Å². The van der Waals surface area contributed by atoms with Gasteiger partial charge in [0.25, 0.3) is 15.9 Å². The minimum atomic E-state index is -3.80. The van der Waals surface area contributed by atoms with Gasteiger partial charge in [0.2, 0.25) is 0 Å². The first-order valence-corrected chi connectivity index (χ1v) is 8.81. The number of sulfonamides is 1. The fourth-order valence-electron chi connectivity index (χ4n) is 2.21. The second kappa shape index (κ2) is 7.54. The van der Waals surface area contributed by atoms with Crippen LogP contribution >= 0.6 is 0 Å². The van der Waals surface area contributed by atoms with Gasteiger partial charge in [-0.15, -0.1) is 0 Å². The van der Waals surface area contributed by atoms with Crippen LogP contribution in [-0.4, -0.2) is 47.7 Å².